The van der Waals surface area contributed by atoms with Crippen LogP contribution in [0.15, 0.2) is 66.7 Å². The Kier molecular flexibility index (Phi) is 4.75. The Bertz CT molecular complexity index is 765. The molecule has 0 aromatic heterocycles. The van der Waals surface area contributed by atoms with Gasteiger partial charge in [0.2, 0.25) is 0 Å². The van der Waals surface area contributed by atoms with Crippen molar-refractivity contribution in [3.05, 3.63) is 82.3 Å². The van der Waals surface area contributed by atoms with Crippen LogP contribution in [-0.4, -0.2) is 0 Å². The van der Waals surface area contributed by atoms with Gasteiger partial charge in [0.1, 0.15) is 23.0 Å². The first-order valence-electron chi connectivity index (χ1n) is 7.09. The molecule has 3 aromatic carbocycles. The van der Waals surface area contributed by atoms with E-state index >= 15 is 0 Å². The molecule has 0 saturated carbocycles. The minimum absolute atomic E-state index is 0.560. The predicted octanol–water partition coefficient (Wildman–Crippen LogP) is 6.89. The van der Waals surface area contributed by atoms with Gasteiger partial charge in [0.25, 0.3) is 0 Å². The zero-order valence-electron chi connectivity index (χ0n) is 12.4. The molecule has 116 valence electrons. The molecule has 0 fully saturated rings. The molecule has 23 heavy (non-hydrogen) atoms. The number of ether oxygens (including phenoxy) is 2. The number of halogens is 2. The third-order valence-electron chi connectivity index (χ3n) is 3.35. The molecular weight excluding hydrogens is 331 g/mol. The molecule has 0 unspecified atom stereocenters. The molecule has 0 radical (unpaired) electrons. The summed E-state index contributed by atoms with van der Waals surface area (Å²) in [6, 6.07) is 20.3. The summed E-state index contributed by atoms with van der Waals surface area (Å²) in [7, 11) is 0. The lowest BCUT2D eigenvalue weighted by molar-refractivity contribution is 0.454. The summed E-state index contributed by atoms with van der Waals surface area (Å²) in [5.41, 5.74) is 0.868. The van der Waals surface area contributed by atoms with Gasteiger partial charge in [-0.3, -0.25) is 0 Å². The third kappa shape index (κ3) is 3.61. The zero-order chi connectivity index (χ0) is 16.2. The summed E-state index contributed by atoms with van der Waals surface area (Å²) in [5, 5.41) is 1.12. The van der Waals surface area contributed by atoms with E-state index in [1.165, 1.54) is 0 Å². The van der Waals surface area contributed by atoms with Crippen molar-refractivity contribution < 1.29 is 9.47 Å². The number of hydrogen-bond donors (Lipinski definition) is 0. The molecule has 2 nitrogen and oxygen atoms in total. The van der Waals surface area contributed by atoms with Crippen molar-refractivity contribution in [2.75, 3.05) is 0 Å². The van der Waals surface area contributed by atoms with Crippen LogP contribution in [0.5, 0.6) is 23.0 Å². The van der Waals surface area contributed by atoms with Gasteiger partial charge in [-0.25, -0.2) is 0 Å². The van der Waals surface area contributed by atoms with Gasteiger partial charge in [-0.2, -0.15) is 0 Å². The fourth-order valence-electron chi connectivity index (χ4n) is 2.11. The molecular formula is C19H14Cl2O2. The van der Waals surface area contributed by atoms with E-state index in [0.717, 1.165) is 5.56 Å². The molecule has 0 spiro atoms. The van der Waals surface area contributed by atoms with Crippen LogP contribution in [0.4, 0.5) is 0 Å². The van der Waals surface area contributed by atoms with Crippen molar-refractivity contribution in [2.24, 2.45) is 0 Å². The van der Waals surface area contributed by atoms with Gasteiger partial charge in [0.05, 0.1) is 10.0 Å². The highest BCUT2D eigenvalue weighted by molar-refractivity contribution is 6.32. The van der Waals surface area contributed by atoms with E-state index in [0.29, 0.717) is 33.0 Å². The molecule has 0 heterocycles. The van der Waals surface area contributed by atoms with Crippen molar-refractivity contribution in [1.29, 1.82) is 0 Å². The zero-order valence-corrected chi connectivity index (χ0v) is 13.9. The second kappa shape index (κ2) is 6.95. The van der Waals surface area contributed by atoms with Crippen molar-refractivity contribution in [1.82, 2.24) is 0 Å². The summed E-state index contributed by atoms with van der Waals surface area (Å²) >= 11 is 12.3. The predicted molar refractivity (Wildman–Crippen MR) is 94.2 cm³/mol. The molecule has 0 bridgehead atoms. The van der Waals surface area contributed by atoms with E-state index in [9.17, 15) is 0 Å². The van der Waals surface area contributed by atoms with E-state index in [-0.39, 0.29) is 0 Å². The van der Waals surface area contributed by atoms with Crippen LogP contribution in [0.3, 0.4) is 0 Å². The Labute approximate surface area is 145 Å². The fraction of sp³-hybridized carbons (Fsp3) is 0.0526. The van der Waals surface area contributed by atoms with E-state index in [4.69, 9.17) is 32.7 Å². The molecule has 4 heteroatoms. The topological polar surface area (TPSA) is 18.5 Å². The monoisotopic (exact) mass is 344 g/mol. The number of benzene rings is 3. The summed E-state index contributed by atoms with van der Waals surface area (Å²) < 4.78 is 11.8. The smallest absolute Gasteiger partial charge is 0.146 e. The third-order valence-corrected chi connectivity index (χ3v) is 3.97. The van der Waals surface area contributed by atoms with Gasteiger partial charge in [-0.15, -0.1) is 0 Å². The van der Waals surface area contributed by atoms with E-state index in [1.807, 2.05) is 61.5 Å². The summed E-state index contributed by atoms with van der Waals surface area (Å²) in [5.74, 6) is 2.57. The molecule has 3 aromatic rings. The van der Waals surface area contributed by atoms with E-state index < -0.39 is 0 Å². The van der Waals surface area contributed by atoms with Crippen LogP contribution < -0.4 is 9.47 Å². The Morgan fingerprint density at radius 2 is 0.957 bits per heavy atom. The van der Waals surface area contributed by atoms with Crippen LogP contribution in [0.25, 0.3) is 0 Å². The van der Waals surface area contributed by atoms with Crippen molar-refractivity contribution in [3.63, 3.8) is 0 Å². The van der Waals surface area contributed by atoms with Crippen LogP contribution in [0.1, 0.15) is 5.56 Å². The highest BCUT2D eigenvalue weighted by Gasteiger charge is 2.11. The lowest BCUT2D eigenvalue weighted by Gasteiger charge is -2.14. The van der Waals surface area contributed by atoms with Gasteiger partial charge in [0, 0.05) is 5.56 Å². The number of rotatable bonds is 4. The van der Waals surface area contributed by atoms with Gasteiger partial charge in [-0.1, -0.05) is 53.5 Å². The average molecular weight is 345 g/mol. The van der Waals surface area contributed by atoms with Crippen LogP contribution in [0.2, 0.25) is 10.0 Å². The molecule has 0 aliphatic heterocycles. The lowest BCUT2D eigenvalue weighted by atomic mass is 10.2. The van der Waals surface area contributed by atoms with Gasteiger partial charge in [0.15, 0.2) is 0 Å². The first-order valence-corrected chi connectivity index (χ1v) is 7.85. The van der Waals surface area contributed by atoms with E-state index in [2.05, 4.69) is 0 Å². The second-order valence-electron chi connectivity index (χ2n) is 4.94. The summed E-state index contributed by atoms with van der Waals surface area (Å²) in [6.07, 6.45) is 0. The summed E-state index contributed by atoms with van der Waals surface area (Å²) in [6.45, 7) is 1.93. The van der Waals surface area contributed by atoms with Crippen LogP contribution in [0, 0.1) is 6.92 Å². The number of hydrogen-bond acceptors (Lipinski definition) is 2. The van der Waals surface area contributed by atoms with Crippen molar-refractivity contribution >= 4 is 23.2 Å². The Balaban J connectivity index is 1.90. The first-order chi connectivity index (χ1) is 11.1. The highest BCUT2D eigenvalue weighted by atomic mass is 35.5. The standard InChI is InChI=1S/C19H14Cl2O2/c1-13-16(22-18-9-4-2-7-14(18)20)11-6-12-17(13)23-19-10-5-3-8-15(19)21/h2-12H,1H3. The maximum atomic E-state index is 6.14. The molecule has 0 amide bonds. The molecule has 0 atom stereocenters. The quantitative estimate of drug-likeness (QED) is 0.513. The van der Waals surface area contributed by atoms with E-state index in [1.54, 1.807) is 12.1 Å². The Hall–Kier alpha value is -2.16. The summed E-state index contributed by atoms with van der Waals surface area (Å²) in [4.78, 5) is 0. The highest BCUT2D eigenvalue weighted by Crippen LogP contribution is 2.37. The molecule has 0 N–H and O–H groups in total. The van der Waals surface area contributed by atoms with Gasteiger partial charge in [-0.05, 0) is 43.3 Å². The van der Waals surface area contributed by atoms with Crippen LogP contribution >= 0.6 is 23.2 Å². The molecule has 0 saturated heterocycles. The minimum Gasteiger partial charge on any atom is -0.455 e. The van der Waals surface area contributed by atoms with Crippen molar-refractivity contribution in [2.45, 2.75) is 6.92 Å². The van der Waals surface area contributed by atoms with Gasteiger partial charge < -0.3 is 9.47 Å². The first kappa shape index (κ1) is 15.7. The Morgan fingerprint density at radius 1 is 0.565 bits per heavy atom. The van der Waals surface area contributed by atoms with Gasteiger partial charge >= 0.3 is 0 Å². The van der Waals surface area contributed by atoms with Crippen LogP contribution in [-0.2, 0) is 0 Å². The van der Waals surface area contributed by atoms with Crippen molar-refractivity contribution in [3.8, 4) is 23.0 Å². The lowest BCUT2D eigenvalue weighted by Crippen LogP contribution is -1.92. The maximum Gasteiger partial charge on any atom is 0.146 e. The second-order valence-corrected chi connectivity index (χ2v) is 5.76. The SMILES string of the molecule is Cc1c(Oc2ccccc2Cl)cccc1Oc1ccccc1Cl. The molecule has 3 rings (SSSR count). The molecule has 0 aliphatic rings. The maximum absolute atomic E-state index is 6.14. The Morgan fingerprint density at radius 3 is 1.39 bits per heavy atom. The largest absolute Gasteiger partial charge is 0.455 e. The molecule has 0 aliphatic carbocycles. The number of para-hydroxylation sites is 2. The average Bonchev–Trinajstić information content (AvgIpc) is 2.55. The fourth-order valence-corrected chi connectivity index (χ4v) is 2.46. The minimum atomic E-state index is 0.560. The normalized spacial score (nSPS) is 10.4.